The molecule has 3 aliphatic heterocycles. The van der Waals surface area contributed by atoms with Gasteiger partial charge in [0.1, 0.15) is 0 Å². The third kappa shape index (κ3) is 3.01. The van der Waals surface area contributed by atoms with Crippen LogP contribution >= 0.6 is 0 Å². The molecule has 1 amide bonds. The molecule has 136 valence electrons. The molecule has 4 nitrogen and oxygen atoms in total. The van der Waals surface area contributed by atoms with E-state index in [9.17, 15) is 4.79 Å². The average Bonchev–Trinajstić information content (AvgIpc) is 2.85. The SMILES string of the molecule is CC1CCC([C@@H]2C[C@H]3CCC(C2C(=O)N2CCOCC2)N3C)CC1. The van der Waals surface area contributed by atoms with E-state index in [4.69, 9.17) is 4.74 Å². The molecule has 3 saturated heterocycles. The first-order valence-electron chi connectivity index (χ1n) is 10.2. The molecule has 4 rings (SSSR count). The molecule has 1 saturated carbocycles. The third-order valence-electron chi connectivity index (χ3n) is 7.59. The Morgan fingerprint density at radius 3 is 2.42 bits per heavy atom. The van der Waals surface area contributed by atoms with Gasteiger partial charge in [-0.2, -0.15) is 0 Å². The zero-order chi connectivity index (χ0) is 16.7. The summed E-state index contributed by atoms with van der Waals surface area (Å²) in [5.74, 6) is 2.98. The van der Waals surface area contributed by atoms with E-state index in [0.29, 0.717) is 31.1 Å². The van der Waals surface area contributed by atoms with Crippen molar-refractivity contribution in [2.45, 2.75) is 64.0 Å². The number of carbonyl (C=O) groups is 1. The minimum Gasteiger partial charge on any atom is -0.378 e. The second-order valence-corrected chi connectivity index (χ2v) is 8.85. The van der Waals surface area contributed by atoms with Crippen LogP contribution in [0.15, 0.2) is 0 Å². The molecule has 4 fully saturated rings. The van der Waals surface area contributed by atoms with Crippen molar-refractivity contribution in [2.75, 3.05) is 33.4 Å². The van der Waals surface area contributed by atoms with Crippen molar-refractivity contribution in [3.05, 3.63) is 0 Å². The molecule has 4 heteroatoms. The number of nitrogens with zero attached hydrogens (tertiary/aromatic N) is 2. The van der Waals surface area contributed by atoms with Crippen molar-refractivity contribution in [1.29, 1.82) is 0 Å². The van der Waals surface area contributed by atoms with Gasteiger partial charge in [-0.1, -0.05) is 19.8 Å². The number of hydrogen-bond donors (Lipinski definition) is 0. The number of fused-ring (bicyclic) bond motifs is 2. The quantitative estimate of drug-likeness (QED) is 0.778. The zero-order valence-electron chi connectivity index (χ0n) is 15.5. The fourth-order valence-corrected chi connectivity index (χ4v) is 6.05. The first-order valence-corrected chi connectivity index (χ1v) is 10.2. The number of piperidine rings is 1. The summed E-state index contributed by atoms with van der Waals surface area (Å²) in [6.07, 6.45) is 9.21. The number of carbonyl (C=O) groups excluding carboxylic acids is 1. The summed E-state index contributed by atoms with van der Waals surface area (Å²) < 4.78 is 5.47. The number of hydrogen-bond acceptors (Lipinski definition) is 3. The van der Waals surface area contributed by atoms with Gasteiger partial charge in [0.2, 0.25) is 5.91 Å². The van der Waals surface area contributed by atoms with Gasteiger partial charge in [0.25, 0.3) is 0 Å². The molecule has 2 unspecified atom stereocenters. The number of ether oxygens (including phenoxy) is 1. The maximum atomic E-state index is 13.4. The summed E-state index contributed by atoms with van der Waals surface area (Å²) in [6, 6.07) is 1.22. The summed E-state index contributed by atoms with van der Waals surface area (Å²) >= 11 is 0. The Labute approximate surface area is 146 Å². The lowest BCUT2D eigenvalue weighted by Crippen LogP contribution is -2.56. The second kappa shape index (κ2) is 6.95. The van der Waals surface area contributed by atoms with E-state index in [1.807, 2.05) is 0 Å². The van der Waals surface area contributed by atoms with E-state index in [1.165, 1.54) is 44.9 Å². The fraction of sp³-hybridized carbons (Fsp3) is 0.950. The molecule has 2 bridgehead atoms. The third-order valence-corrected chi connectivity index (χ3v) is 7.59. The maximum absolute atomic E-state index is 13.4. The van der Waals surface area contributed by atoms with Gasteiger partial charge in [0.05, 0.1) is 19.1 Å². The summed E-state index contributed by atoms with van der Waals surface area (Å²) in [4.78, 5) is 18.1. The van der Waals surface area contributed by atoms with Crippen LogP contribution in [0, 0.1) is 23.7 Å². The van der Waals surface area contributed by atoms with Crippen LogP contribution in [0.25, 0.3) is 0 Å². The van der Waals surface area contributed by atoms with Crippen molar-refractivity contribution in [1.82, 2.24) is 9.80 Å². The van der Waals surface area contributed by atoms with E-state index in [2.05, 4.69) is 23.8 Å². The van der Waals surface area contributed by atoms with Gasteiger partial charge in [0.15, 0.2) is 0 Å². The summed E-state index contributed by atoms with van der Waals surface area (Å²) in [5.41, 5.74) is 0. The standard InChI is InChI=1S/C20H34N2O2/c1-14-3-5-15(6-4-14)17-13-16-7-8-18(21(16)2)19(17)20(23)22-9-11-24-12-10-22/h14-19H,3-13H2,1-2H3/t14?,15?,16-,17+,18?,19?/m1/s1. The first-order chi connectivity index (χ1) is 11.6. The van der Waals surface area contributed by atoms with Crippen LogP contribution in [0.2, 0.25) is 0 Å². The van der Waals surface area contributed by atoms with Gasteiger partial charge < -0.3 is 9.64 Å². The fourth-order valence-electron chi connectivity index (χ4n) is 6.05. The molecule has 0 spiro atoms. The highest BCUT2D eigenvalue weighted by molar-refractivity contribution is 5.80. The molecule has 0 aromatic carbocycles. The average molecular weight is 335 g/mol. The molecule has 4 atom stereocenters. The van der Waals surface area contributed by atoms with Gasteiger partial charge in [0, 0.05) is 25.2 Å². The molecule has 4 aliphatic rings. The van der Waals surface area contributed by atoms with Crippen molar-refractivity contribution in [3.8, 4) is 0 Å². The van der Waals surface area contributed by atoms with Gasteiger partial charge in [-0.25, -0.2) is 0 Å². The minimum absolute atomic E-state index is 0.241. The molecular formula is C20H34N2O2. The normalized spacial score (nSPS) is 43.8. The van der Waals surface area contributed by atoms with Gasteiger partial charge in [-0.3, -0.25) is 9.69 Å². The lowest BCUT2D eigenvalue weighted by Gasteiger charge is -2.48. The monoisotopic (exact) mass is 334 g/mol. The first kappa shape index (κ1) is 16.8. The Morgan fingerprint density at radius 2 is 1.71 bits per heavy atom. The molecule has 0 aromatic rings. The Kier molecular flexibility index (Phi) is 4.88. The Hall–Kier alpha value is -0.610. The second-order valence-electron chi connectivity index (χ2n) is 8.85. The van der Waals surface area contributed by atoms with Crippen molar-refractivity contribution < 1.29 is 9.53 Å². The minimum atomic E-state index is 0.241. The predicted molar refractivity (Wildman–Crippen MR) is 94.7 cm³/mol. The Bertz CT molecular complexity index is 455. The van der Waals surface area contributed by atoms with Gasteiger partial charge in [-0.15, -0.1) is 0 Å². The van der Waals surface area contributed by atoms with E-state index in [-0.39, 0.29) is 5.92 Å². The van der Waals surface area contributed by atoms with Crippen LogP contribution in [0.3, 0.4) is 0 Å². The Morgan fingerprint density at radius 1 is 1.00 bits per heavy atom. The largest absolute Gasteiger partial charge is 0.378 e. The number of rotatable bonds is 2. The van der Waals surface area contributed by atoms with Crippen molar-refractivity contribution in [3.63, 3.8) is 0 Å². The van der Waals surface area contributed by atoms with Crippen LogP contribution in [0.5, 0.6) is 0 Å². The van der Waals surface area contributed by atoms with Gasteiger partial charge >= 0.3 is 0 Å². The highest BCUT2D eigenvalue weighted by Gasteiger charge is 2.51. The van der Waals surface area contributed by atoms with Crippen LogP contribution in [-0.4, -0.2) is 61.1 Å². The molecule has 0 aromatic heterocycles. The molecule has 3 heterocycles. The lowest BCUT2D eigenvalue weighted by molar-refractivity contribution is -0.148. The summed E-state index contributed by atoms with van der Waals surface area (Å²) in [7, 11) is 2.26. The van der Waals surface area contributed by atoms with Crippen molar-refractivity contribution >= 4 is 5.91 Å². The molecule has 0 N–H and O–H groups in total. The number of morpholine rings is 1. The summed E-state index contributed by atoms with van der Waals surface area (Å²) in [6.45, 7) is 5.42. The van der Waals surface area contributed by atoms with E-state index >= 15 is 0 Å². The lowest BCUT2D eigenvalue weighted by atomic mass is 9.66. The predicted octanol–water partition coefficient (Wildman–Crippen LogP) is 2.77. The van der Waals surface area contributed by atoms with E-state index in [1.54, 1.807) is 0 Å². The highest BCUT2D eigenvalue weighted by atomic mass is 16.5. The highest BCUT2D eigenvalue weighted by Crippen LogP contribution is 2.48. The van der Waals surface area contributed by atoms with Crippen LogP contribution in [0.4, 0.5) is 0 Å². The van der Waals surface area contributed by atoms with E-state index in [0.717, 1.165) is 31.0 Å². The zero-order valence-corrected chi connectivity index (χ0v) is 15.5. The summed E-state index contributed by atoms with van der Waals surface area (Å²) in [5, 5.41) is 0. The molecular weight excluding hydrogens is 300 g/mol. The van der Waals surface area contributed by atoms with Crippen LogP contribution in [-0.2, 0) is 9.53 Å². The number of amides is 1. The van der Waals surface area contributed by atoms with Crippen LogP contribution < -0.4 is 0 Å². The van der Waals surface area contributed by atoms with Crippen molar-refractivity contribution in [2.24, 2.45) is 23.7 Å². The molecule has 24 heavy (non-hydrogen) atoms. The topological polar surface area (TPSA) is 32.8 Å². The molecule has 1 aliphatic carbocycles. The van der Waals surface area contributed by atoms with Crippen LogP contribution in [0.1, 0.15) is 51.9 Å². The van der Waals surface area contributed by atoms with E-state index < -0.39 is 0 Å². The smallest absolute Gasteiger partial charge is 0.227 e. The Balaban J connectivity index is 1.55. The van der Waals surface area contributed by atoms with Gasteiger partial charge in [-0.05, 0) is 56.9 Å². The maximum Gasteiger partial charge on any atom is 0.227 e. The molecule has 0 radical (unpaired) electrons.